The van der Waals surface area contributed by atoms with Gasteiger partial charge in [-0.3, -0.25) is 19.7 Å². The summed E-state index contributed by atoms with van der Waals surface area (Å²) >= 11 is 0. The minimum atomic E-state index is -3.91. The van der Waals surface area contributed by atoms with Crippen LogP contribution in [0.2, 0.25) is 0 Å². The van der Waals surface area contributed by atoms with E-state index < -0.39 is 21.0 Å². The maximum Gasteiger partial charge on any atom is 0.270 e. The van der Waals surface area contributed by atoms with Crippen molar-refractivity contribution < 1.29 is 22.9 Å². The average molecular weight is 439 g/mol. The number of nitro groups is 1. The molecule has 0 spiro atoms. The van der Waals surface area contributed by atoms with Crippen LogP contribution in [0.15, 0.2) is 23.1 Å². The van der Waals surface area contributed by atoms with Crippen molar-refractivity contribution in [2.75, 3.05) is 19.6 Å². The molecule has 0 radical (unpaired) electrons. The number of sulfonamides is 1. The number of hydrogen-bond donors (Lipinski definition) is 2. The van der Waals surface area contributed by atoms with E-state index in [0.29, 0.717) is 31.4 Å². The highest BCUT2D eigenvalue weighted by atomic mass is 32.2. The van der Waals surface area contributed by atoms with Crippen LogP contribution in [0.25, 0.3) is 0 Å². The van der Waals surface area contributed by atoms with Crippen LogP contribution < -0.4 is 10.6 Å². The van der Waals surface area contributed by atoms with Crippen LogP contribution in [0.1, 0.15) is 37.7 Å². The molecule has 11 heteroatoms. The molecule has 2 aliphatic heterocycles. The summed E-state index contributed by atoms with van der Waals surface area (Å²) in [5, 5.41) is 16.6. The maximum atomic E-state index is 13.0. The Bertz CT molecular complexity index is 940. The van der Waals surface area contributed by atoms with Gasteiger partial charge >= 0.3 is 0 Å². The second-order valence-corrected chi connectivity index (χ2v) is 9.64. The van der Waals surface area contributed by atoms with E-state index in [1.807, 2.05) is 0 Å². The van der Waals surface area contributed by atoms with E-state index in [2.05, 4.69) is 10.6 Å². The number of rotatable bonds is 5. The molecule has 2 saturated heterocycles. The molecule has 1 atom stereocenters. The van der Waals surface area contributed by atoms with Gasteiger partial charge in [0.15, 0.2) is 0 Å². The minimum Gasteiger partial charge on any atom is -0.354 e. The van der Waals surface area contributed by atoms with Crippen molar-refractivity contribution >= 4 is 27.5 Å². The molecule has 10 nitrogen and oxygen atoms in total. The molecule has 2 amide bonds. The van der Waals surface area contributed by atoms with Gasteiger partial charge in [0.2, 0.25) is 21.8 Å². The fraction of sp³-hybridized carbons (Fsp3) is 0.579. The molecule has 2 aliphatic rings. The third-order valence-electron chi connectivity index (χ3n) is 5.68. The summed E-state index contributed by atoms with van der Waals surface area (Å²) in [6.07, 6.45) is 2.98. The van der Waals surface area contributed by atoms with Gasteiger partial charge < -0.3 is 10.6 Å². The Morgan fingerprint density at radius 1 is 1.23 bits per heavy atom. The first-order valence-corrected chi connectivity index (χ1v) is 11.5. The monoisotopic (exact) mass is 438 g/mol. The van der Waals surface area contributed by atoms with Crippen molar-refractivity contribution in [3.8, 4) is 0 Å². The standard InChI is InChI=1S/C19H26N4O6S/c1-13-5-6-15(23(26)27)12-17(13)30(28,29)22-10-7-14(8-11-22)18(24)21-16-4-2-3-9-20-19(16)25/h5-6,12,14,16H,2-4,7-11H2,1H3,(H,20,25)(H,21,24). The predicted molar refractivity (Wildman–Crippen MR) is 108 cm³/mol. The number of hydrogen-bond acceptors (Lipinski definition) is 6. The molecule has 1 aromatic rings. The first-order valence-electron chi connectivity index (χ1n) is 10.0. The number of aryl methyl sites for hydroxylation is 1. The minimum absolute atomic E-state index is 0.0882. The van der Waals surface area contributed by atoms with Gasteiger partial charge in [-0.1, -0.05) is 6.07 Å². The number of non-ortho nitro benzene ring substituents is 1. The second-order valence-electron chi connectivity index (χ2n) is 7.73. The summed E-state index contributed by atoms with van der Waals surface area (Å²) in [6.45, 7) is 2.48. The Balaban J connectivity index is 1.64. The number of nitro benzene ring substituents is 1. The van der Waals surface area contributed by atoms with Crippen molar-refractivity contribution in [1.82, 2.24) is 14.9 Å². The molecule has 30 heavy (non-hydrogen) atoms. The van der Waals surface area contributed by atoms with Gasteiger partial charge in [-0.25, -0.2) is 8.42 Å². The summed E-state index contributed by atoms with van der Waals surface area (Å²) in [4.78, 5) is 34.9. The van der Waals surface area contributed by atoms with Gasteiger partial charge in [0.25, 0.3) is 5.69 Å². The number of carbonyl (C=O) groups excluding carboxylic acids is 2. The third-order valence-corrected chi connectivity index (χ3v) is 7.72. The summed E-state index contributed by atoms with van der Waals surface area (Å²) in [6, 6.07) is 3.22. The number of amides is 2. The van der Waals surface area contributed by atoms with Crippen LogP contribution in [0.4, 0.5) is 5.69 Å². The Morgan fingerprint density at radius 2 is 1.93 bits per heavy atom. The van der Waals surface area contributed by atoms with Gasteiger partial charge in [-0.15, -0.1) is 0 Å². The predicted octanol–water partition coefficient (Wildman–Crippen LogP) is 1.09. The van der Waals surface area contributed by atoms with E-state index >= 15 is 0 Å². The van der Waals surface area contributed by atoms with Crippen molar-refractivity contribution in [3.05, 3.63) is 33.9 Å². The first-order chi connectivity index (χ1) is 14.2. The van der Waals surface area contributed by atoms with Gasteiger partial charge in [-0.2, -0.15) is 4.31 Å². The Kier molecular flexibility index (Phi) is 6.71. The zero-order valence-corrected chi connectivity index (χ0v) is 17.6. The molecule has 164 valence electrons. The number of nitrogens with zero attached hydrogens (tertiary/aromatic N) is 2. The van der Waals surface area contributed by atoms with E-state index in [-0.39, 0.29) is 41.4 Å². The molecular formula is C19H26N4O6S. The van der Waals surface area contributed by atoms with E-state index in [4.69, 9.17) is 0 Å². The van der Waals surface area contributed by atoms with Gasteiger partial charge in [0.1, 0.15) is 6.04 Å². The first kappa shape index (κ1) is 22.2. The lowest BCUT2D eigenvalue weighted by atomic mass is 9.96. The van der Waals surface area contributed by atoms with Crippen LogP contribution in [0.3, 0.4) is 0 Å². The largest absolute Gasteiger partial charge is 0.354 e. The second kappa shape index (κ2) is 9.09. The molecule has 2 heterocycles. The fourth-order valence-corrected chi connectivity index (χ4v) is 5.56. The topological polar surface area (TPSA) is 139 Å². The summed E-state index contributed by atoms with van der Waals surface area (Å²) in [5.41, 5.74) is 0.148. The van der Waals surface area contributed by atoms with Crippen LogP contribution in [0.5, 0.6) is 0 Å². The Hall–Kier alpha value is -2.53. The van der Waals surface area contributed by atoms with Crippen LogP contribution in [0, 0.1) is 23.0 Å². The highest BCUT2D eigenvalue weighted by Crippen LogP contribution is 2.28. The zero-order valence-electron chi connectivity index (χ0n) is 16.8. The van der Waals surface area contributed by atoms with Crippen LogP contribution in [-0.4, -0.2) is 55.1 Å². The maximum absolute atomic E-state index is 13.0. The van der Waals surface area contributed by atoms with Crippen molar-refractivity contribution in [2.45, 2.75) is 50.0 Å². The molecule has 1 unspecified atom stereocenters. The lowest BCUT2D eigenvalue weighted by Gasteiger charge is -2.31. The third kappa shape index (κ3) is 4.78. The number of benzene rings is 1. The molecule has 2 fully saturated rings. The van der Waals surface area contributed by atoms with Crippen molar-refractivity contribution in [1.29, 1.82) is 0 Å². The lowest BCUT2D eigenvalue weighted by molar-refractivity contribution is -0.385. The quantitative estimate of drug-likeness (QED) is 0.521. The van der Waals surface area contributed by atoms with E-state index in [1.165, 1.54) is 16.4 Å². The van der Waals surface area contributed by atoms with E-state index in [1.54, 1.807) is 6.92 Å². The lowest BCUT2D eigenvalue weighted by Crippen LogP contribution is -2.49. The summed E-state index contributed by atoms with van der Waals surface area (Å²) < 4.78 is 27.3. The molecular weight excluding hydrogens is 412 g/mol. The molecule has 0 bridgehead atoms. The van der Waals surface area contributed by atoms with Gasteiger partial charge in [-0.05, 0) is 44.6 Å². The van der Waals surface area contributed by atoms with Crippen LogP contribution >= 0.6 is 0 Å². The molecule has 0 aliphatic carbocycles. The number of carbonyl (C=O) groups is 2. The molecule has 2 N–H and O–H groups in total. The Morgan fingerprint density at radius 3 is 2.60 bits per heavy atom. The average Bonchev–Trinajstić information content (AvgIpc) is 2.92. The summed E-state index contributed by atoms with van der Waals surface area (Å²) in [5.74, 6) is -0.790. The summed E-state index contributed by atoms with van der Waals surface area (Å²) in [7, 11) is -3.91. The van der Waals surface area contributed by atoms with Crippen molar-refractivity contribution in [3.63, 3.8) is 0 Å². The number of nitrogens with one attached hydrogen (secondary N) is 2. The highest BCUT2D eigenvalue weighted by molar-refractivity contribution is 7.89. The molecule has 0 saturated carbocycles. The molecule has 0 aromatic heterocycles. The zero-order chi connectivity index (χ0) is 21.9. The highest BCUT2D eigenvalue weighted by Gasteiger charge is 2.34. The van der Waals surface area contributed by atoms with Gasteiger partial charge in [0.05, 0.1) is 9.82 Å². The van der Waals surface area contributed by atoms with E-state index in [9.17, 15) is 28.1 Å². The van der Waals surface area contributed by atoms with E-state index in [0.717, 1.165) is 18.9 Å². The Labute approximate surface area is 175 Å². The van der Waals surface area contributed by atoms with Crippen LogP contribution in [-0.2, 0) is 19.6 Å². The normalized spacial score (nSPS) is 21.5. The van der Waals surface area contributed by atoms with Gasteiger partial charge in [0, 0.05) is 37.7 Å². The molecule has 3 rings (SSSR count). The number of piperidine rings is 1. The smallest absolute Gasteiger partial charge is 0.270 e. The fourth-order valence-electron chi connectivity index (χ4n) is 3.84. The SMILES string of the molecule is Cc1ccc([N+](=O)[O-])cc1S(=O)(=O)N1CCC(C(=O)NC2CCCCNC2=O)CC1. The van der Waals surface area contributed by atoms with Crippen molar-refractivity contribution in [2.24, 2.45) is 5.92 Å². The molecule has 1 aromatic carbocycles.